The van der Waals surface area contributed by atoms with E-state index in [1.807, 2.05) is 0 Å². The molecule has 21 heavy (non-hydrogen) atoms. The van der Waals surface area contributed by atoms with Gasteiger partial charge in [0.15, 0.2) is 5.82 Å². The lowest BCUT2D eigenvalue weighted by atomic mass is 10.2. The van der Waals surface area contributed by atoms with Gasteiger partial charge >= 0.3 is 0 Å². The van der Waals surface area contributed by atoms with Crippen LogP contribution in [0.25, 0.3) is 0 Å². The molecule has 2 N–H and O–H groups in total. The van der Waals surface area contributed by atoms with E-state index in [-0.39, 0.29) is 16.6 Å². The summed E-state index contributed by atoms with van der Waals surface area (Å²) in [5, 5.41) is 11.7. The predicted molar refractivity (Wildman–Crippen MR) is 81.0 cm³/mol. The van der Waals surface area contributed by atoms with Crippen LogP contribution in [0, 0.1) is 10.1 Å². The van der Waals surface area contributed by atoms with Crippen LogP contribution in [0.2, 0.25) is 0 Å². The largest absolute Gasteiger partial charge is 0.368 e. The van der Waals surface area contributed by atoms with Crippen LogP contribution in [0.1, 0.15) is 11.1 Å². The first kappa shape index (κ1) is 13.5. The lowest BCUT2D eigenvalue weighted by Crippen LogP contribution is -2.00. The summed E-state index contributed by atoms with van der Waals surface area (Å²) in [6.07, 6.45) is 2.42. The topological polar surface area (TPSA) is 107 Å². The molecule has 0 bridgehead atoms. The highest BCUT2D eigenvalue weighted by atomic mass is 32.2. The maximum Gasteiger partial charge on any atom is 0.273 e. The summed E-state index contributed by atoms with van der Waals surface area (Å²) >= 11 is 1.41. The zero-order chi connectivity index (χ0) is 14.8. The minimum absolute atomic E-state index is 0.111. The second-order valence-electron chi connectivity index (χ2n) is 4.38. The lowest BCUT2D eigenvalue weighted by Gasteiger charge is -2.07. The van der Waals surface area contributed by atoms with Crippen molar-refractivity contribution in [2.24, 2.45) is 4.99 Å². The number of nitrogens with zero attached hydrogens (tertiary/aromatic N) is 4. The highest BCUT2D eigenvalue weighted by Gasteiger charge is 2.18. The minimum atomic E-state index is -0.377. The average molecular weight is 301 g/mol. The van der Waals surface area contributed by atoms with Gasteiger partial charge < -0.3 is 5.73 Å². The molecule has 8 heteroatoms. The van der Waals surface area contributed by atoms with Crippen LogP contribution in [-0.4, -0.2) is 21.1 Å². The van der Waals surface area contributed by atoms with Gasteiger partial charge in [-0.2, -0.15) is 4.98 Å². The van der Waals surface area contributed by atoms with Crippen molar-refractivity contribution in [2.75, 3.05) is 5.73 Å². The molecule has 0 saturated heterocycles. The number of para-hydroxylation sites is 1. The molecule has 0 fully saturated rings. The maximum atomic E-state index is 11.0. The maximum absolute atomic E-state index is 11.0. The summed E-state index contributed by atoms with van der Waals surface area (Å²) < 4.78 is 0. The van der Waals surface area contributed by atoms with E-state index in [2.05, 4.69) is 15.0 Å². The monoisotopic (exact) mass is 301 g/mol. The van der Waals surface area contributed by atoms with Crippen molar-refractivity contribution >= 4 is 35.4 Å². The fourth-order valence-electron chi connectivity index (χ4n) is 2.05. The lowest BCUT2D eigenvalue weighted by molar-refractivity contribution is -0.385. The number of fused-ring (bicyclic) bond motifs is 1. The molecule has 0 radical (unpaired) electrons. The highest BCUT2D eigenvalue weighted by Crippen LogP contribution is 2.34. The Morgan fingerprint density at radius 1 is 1.33 bits per heavy atom. The zero-order valence-electron chi connectivity index (χ0n) is 10.9. The Morgan fingerprint density at radius 2 is 2.14 bits per heavy atom. The third kappa shape index (κ3) is 2.70. The predicted octanol–water partition coefficient (Wildman–Crippen LogP) is 2.52. The van der Waals surface area contributed by atoms with Gasteiger partial charge in [-0.15, -0.1) is 11.8 Å². The van der Waals surface area contributed by atoms with Crippen LogP contribution in [0.15, 0.2) is 34.3 Å². The molecular formula is C13H11N5O2S. The van der Waals surface area contributed by atoms with Gasteiger partial charge in [-0.1, -0.05) is 18.2 Å². The van der Waals surface area contributed by atoms with Crippen molar-refractivity contribution in [1.29, 1.82) is 0 Å². The first-order valence-electron chi connectivity index (χ1n) is 6.19. The number of hydrogen-bond acceptors (Lipinski definition) is 7. The standard InChI is InChI=1S/C13H11N5O2S/c14-13-16-11-9(5-6-15-11)12(17-13)21-7-8-3-1-2-4-10(8)18(19)20/h1-4,6H,5,7H2,(H2,14,16,17). The fraction of sp³-hybridized carbons (Fsp3) is 0.154. The zero-order valence-corrected chi connectivity index (χ0v) is 11.7. The number of rotatable bonds is 4. The number of aliphatic imine (C=N–C) groups is 1. The van der Waals surface area contributed by atoms with Gasteiger partial charge in [-0.25, -0.2) is 9.98 Å². The summed E-state index contributed by atoms with van der Waals surface area (Å²) in [4.78, 5) is 23.0. The number of thioether (sulfide) groups is 1. The van der Waals surface area contributed by atoms with Crippen molar-refractivity contribution in [3.8, 4) is 0 Å². The van der Waals surface area contributed by atoms with E-state index in [0.717, 1.165) is 10.6 Å². The molecule has 0 atom stereocenters. The molecule has 1 aromatic carbocycles. The van der Waals surface area contributed by atoms with Crippen LogP contribution in [-0.2, 0) is 12.2 Å². The molecule has 1 aliphatic heterocycles. The molecule has 0 unspecified atom stereocenters. The number of hydrogen-bond donors (Lipinski definition) is 1. The Bertz CT molecular complexity index is 747. The van der Waals surface area contributed by atoms with Crippen molar-refractivity contribution in [3.63, 3.8) is 0 Å². The van der Waals surface area contributed by atoms with E-state index in [1.165, 1.54) is 17.8 Å². The van der Waals surface area contributed by atoms with Gasteiger partial charge in [-0.3, -0.25) is 10.1 Å². The van der Waals surface area contributed by atoms with Gasteiger partial charge in [0.25, 0.3) is 5.69 Å². The molecule has 1 aliphatic rings. The third-order valence-electron chi connectivity index (χ3n) is 3.03. The molecule has 106 valence electrons. The normalized spacial score (nSPS) is 12.4. The van der Waals surface area contributed by atoms with E-state index in [4.69, 9.17) is 5.73 Å². The number of benzene rings is 1. The summed E-state index contributed by atoms with van der Waals surface area (Å²) in [5.41, 5.74) is 7.35. The molecule has 0 saturated carbocycles. The van der Waals surface area contributed by atoms with E-state index in [0.29, 0.717) is 23.6 Å². The van der Waals surface area contributed by atoms with Gasteiger partial charge in [0.2, 0.25) is 5.95 Å². The molecular weight excluding hydrogens is 290 g/mol. The first-order chi connectivity index (χ1) is 10.1. The van der Waals surface area contributed by atoms with E-state index in [9.17, 15) is 10.1 Å². The Kier molecular flexibility index (Phi) is 3.53. The minimum Gasteiger partial charge on any atom is -0.368 e. The molecule has 1 aromatic heterocycles. The number of nitrogen functional groups attached to an aromatic ring is 1. The fourth-order valence-corrected chi connectivity index (χ4v) is 3.10. The Labute approximate surface area is 124 Å². The van der Waals surface area contributed by atoms with Crippen molar-refractivity contribution in [1.82, 2.24) is 9.97 Å². The number of nitrogens with two attached hydrogens (primary N) is 1. The van der Waals surface area contributed by atoms with Crippen LogP contribution in [0.4, 0.5) is 17.5 Å². The molecule has 7 nitrogen and oxygen atoms in total. The van der Waals surface area contributed by atoms with Crippen molar-refractivity contribution < 1.29 is 4.92 Å². The second kappa shape index (κ2) is 5.49. The SMILES string of the molecule is Nc1nc2c(c(SCc3ccccc3[N+](=O)[O-])n1)CC=N2. The average Bonchev–Trinajstić information content (AvgIpc) is 2.93. The van der Waals surface area contributed by atoms with Gasteiger partial charge in [0.05, 0.1) is 4.92 Å². The Hall–Kier alpha value is -2.48. The van der Waals surface area contributed by atoms with E-state index < -0.39 is 0 Å². The first-order valence-corrected chi connectivity index (χ1v) is 7.17. The van der Waals surface area contributed by atoms with Crippen LogP contribution < -0.4 is 5.73 Å². The number of aromatic nitrogens is 2. The molecule has 0 amide bonds. The summed E-state index contributed by atoms with van der Waals surface area (Å²) in [5.74, 6) is 1.20. The number of anilines is 1. The van der Waals surface area contributed by atoms with Gasteiger partial charge in [-0.05, 0) is 0 Å². The third-order valence-corrected chi connectivity index (χ3v) is 4.09. The Morgan fingerprint density at radius 3 is 2.95 bits per heavy atom. The van der Waals surface area contributed by atoms with Crippen molar-refractivity contribution in [3.05, 3.63) is 45.5 Å². The Balaban J connectivity index is 1.85. The highest BCUT2D eigenvalue weighted by molar-refractivity contribution is 7.98. The number of nitro benzene ring substituents is 1. The smallest absolute Gasteiger partial charge is 0.273 e. The van der Waals surface area contributed by atoms with Crippen LogP contribution >= 0.6 is 11.8 Å². The number of nitro groups is 1. The molecule has 2 heterocycles. The molecule has 0 aliphatic carbocycles. The summed E-state index contributed by atoms with van der Waals surface area (Å²) in [6, 6.07) is 6.68. The summed E-state index contributed by atoms with van der Waals surface area (Å²) in [6.45, 7) is 0. The summed E-state index contributed by atoms with van der Waals surface area (Å²) in [7, 11) is 0. The van der Waals surface area contributed by atoms with Crippen LogP contribution in [0.5, 0.6) is 0 Å². The van der Waals surface area contributed by atoms with E-state index in [1.54, 1.807) is 24.4 Å². The quantitative estimate of drug-likeness (QED) is 0.402. The van der Waals surface area contributed by atoms with E-state index >= 15 is 0 Å². The van der Waals surface area contributed by atoms with Crippen LogP contribution in [0.3, 0.4) is 0 Å². The van der Waals surface area contributed by atoms with Crippen molar-refractivity contribution in [2.45, 2.75) is 17.2 Å². The molecule has 0 spiro atoms. The molecule has 3 rings (SSSR count). The van der Waals surface area contributed by atoms with Gasteiger partial charge in [0, 0.05) is 35.6 Å². The van der Waals surface area contributed by atoms with Gasteiger partial charge in [0.1, 0.15) is 5.03 Å². The molecule has 2 aromatic rings. The second-order valence-corrected chi connectivity index (χ2v) is 5.34.